The van der Waals surface area contributed by atoms with Gasteiger partial charge < -0.3 is 15.0 Å². The monoisotopic (exact) mass is 287 g/mol. The molecule has 1 N–H and O–H groups in total. The van der Waals surface area contributed by atoms with Crippen LogP contribution in [0.4, 0.5) is 0 Å². The van der Waals surface area contributed by atoms with Crippen LogP contribution >= 0.6 is 0 Å². The van der Waals surface area contributed by atoms with Gasteiger partial charge in [-0.05, 0) is 43.5 Å². The standard InChI is InChI=1S/C16H21N3O2/c1-21-15-6-4-13(5-7-15)8-9-18-12-16(20)19-10-2-3-14(19)11-17/h4-7,14,18H,2-3,8-10,12H2,1H3/t14-/m0/s1. The van der Waals surface area contributed by atoms with Crippen LogP contribution in [-0.4, -0.2) is 43.6 Å². The van der Waals surface area contributed by atoms with Crippen molar-refractivity contribution in [2.24, 2.45) is 0 Å². The van der Waals surface area contributed by atoms with Crippen LogP contribution < -0.4 is 10.1 Å². The maximum atomic E-state index is 12.0. The van der Waals surface area contributed by atoms with Crippen LogP contribution in [0.3, 0.4) is 0 Å². The predicted octanol–water partition coefficient (Wildman–Crippen LogP) is 1.34. The molecule has 5 heteroatoms. The first-order chi connectivity index (χ1) is 10.2. The second kappa shape index (κ2) is 7.65. The number of carbonyl (C=O) groups is 1. The molecule has 2 rings (SSSR count). The first-order valence-corrected chi connectivity index (χ1v) is 7.27. The third-order valence-corrected chi connectivity index (χ3v) is 3.75. The summed E-state index contributed by atoms with van der Waals surface area (Å²) in [6.07, 6.45) is 2.59. The fourth-order valence-corrected chi connectivity index (χ4v) is 2.52. The smallest absolute Gasteiger partial charge is 0.237 e. The number of nitriles is 1. The van der Waals surface area contributed by atoms with Crippen LogP contribution in [0, 0.1) is 11.3 Å². The van der Waals surface area contributed by atoms with Gasteiger partial charge in [0.1, 0.15) is 11.8 Å². The second-order valence-corrected chi connectivity index (χ2v) is 5.15. The van der Waals surface area contributed by atoms with E-state index in [0.717, 1.165) is 31.6 Å². The molecule has 1 fully saturated rings. The average Bonchev–Trinajstić information content (AvgIpc) is 3.00. The molecule has 0 spiro atoms. The van der Waals surface area contributed by atoms with Crippen LogP contribution in [0.2, 0.25) is 0 Å². The minimum atomic E-state index is -0.235. The van der Waals surface area contributed by atoms with E-state index in [1.54, 1.807) is 12.0 Å². The number of nitrogens with one attached hydrogen (secondary N) is 1. The van der Waals surface area contributed by atoms with E-state index in [0.29, 0.717) is 13.1 Å². The molecule has 1 aromatic rings. The normalized spacial score (nSPS) is 17.5. The lowest BCUT2D eigenvalue weighted by Gasteiger charge is -2.19. The summed E-state index contributed by atoms with van der Waals surface area (Å²) >= 11 is 0. The average molecular weight is 287 g/mol. The fourth-order valence-electron chi connectivity index (χ4n) is 2.52. The largest absolute Gasteiger partial charge is 0.497 e. The lowest BCUT2D eigenvalue weighted by Crippen LogP contribution is -2.40. The molecule has 0 saturated carbocycles. The first kappa shape index (κ1) is 15.3. The van der Waals surface area contributed by atoms with E-state index in [-0.39, 0.29) is 11.9 Å². The van der Waals surface area contributed by atoms with Gasteiger partial charge in [0, 0.05) is 6.54 Å². The summed E-state index contributed by atoms with van der Waals surface area (Å²) in [5, 5.41) is 12.1. The number of hydrogen-bond acceptors (Lipinski definition) is 4. The van der Waals surface area contributed by atoms with Gasteiger partial charge in [0.05, 0.1) is 19.7 Å². The molecule has 21 heavy (non-hydrogen) atoms. The van der Waals surface area contributed by atoms with E-state index in [1.807, 2.05) is 24.3 Å². The molecule has 0 aromatic heterocycles. The van der Waals surface area contributed by atoms with Gasteiger partial charge in [0.15, 0.2) is 0 Å². The molecule has 1 saturated heterocycles. The molecule has 1 amide bonds. The van der Waals surface area contributed by atoms with Crippen molar-refractivity contribution in [3.05, 3.63) is 29.8 Å². The molecule has 1 aliphatic rings. The van der Waals surface area contributed by atoms with Gasteiger partial charge in [-0.3, -0.25) is 4.79 Å². The Hall–Kier alpha value is -2.06. The maximum absolute atomic E-state index is 12.0. The summed E-state index contributed by atoms with van der Waals surface area (Å²) in [7, 11) is 1.65. The Morgan fingerprint density at radius 1 is 1.48 bits per heavy atom. The summed E-state index contributed by atoms with van der Waals surface area (Å²) in [6, 6.07) is 9.86. The zero-order chi connectivity index (χ0) is 15.1. The Morgan fingerprint density at radius 3 is 2.90 bits per heavy atom. The van der Waals surface area contributed by atoms with Crippen molar-refractivity contribution in [1.82, 2.24) is 10.2 Å². The maximum Gasteiger partial charge on any atom is 0.237 e. The number of methoxy groups -OCH3 is 1. The Kier molecular flexibility index (Phi) is 5.59. The van der Waals surface area contributed by atoms with Crippen molar-refractivity contribution in [1.29, 1.82) is 5.26 Å². The number of nitrogens with zero attached hydrogens (tertiary/aromatic N) is 2. The van der Waals surface area contributed by atoms with Crippen LogP contribution in [0.1, 0.15) is 18.4 Å². The van der Waals surface area contributed by atoms with Crippen molar-refractivity contribution in [3.63, 3.8) is 0 Å². The van der Waals surface area contributed by atoms with Gasteiger partial charge in [-0.25, -0.2) is 0 Å². The van der Waals surface area contributed by atoms with Crippen molar-refractivity contribution in [2.75, 3.05) is 26.7 Å². The van der Waals surface area contributed by atoms with E-state index < -0.39 is 0 Å². The Labute approximate surface area is 125 Å². The van der Waals surface area contributed by atoms with Crippen molar-refractivity contribution in [2.45, 2.75) is 25.3 Å². The van der Waals surface area contributed by atoms with Gasteiger partial charge in [-0.15, -0.1) is 0 Å². The molecule has 0 unspecified atom stereocenters. The van der Waals surface area contributed by atoms with Gasteiger partial charge in [-0.1, -0.05) is 12.1 Å². The molecule has 0 bridgehead atoms. The summed E-state index contributed by atoms with van der Waals surface area (Å²) in [5.74, 6) is 0.868. The molecule has 1 aliphatic heterocycles. The predicted molar refractivity (Wildman–Crippen MR) is 79.9 cm³/mol. The van der Waals surface area contributed by atoms with Gasteiger partial charge in [-0.2, -0.15) is 5.26 Å². The SMILES string of the molecule is COc1ccc(CCNCC(=O)N2CCC[C@H]2C#N)cc1. The molecule has 1 aromatic carbocycles. The van der Waals surface area contributed by atoms with Gasteiger partial charge in [0.25, 0.3) is 0 Å². The van der Waals surface area contributed by atoms with Gasteiger partial charge in [0.2, 0.25) is 5.91 Å². The number of carbonyl (C=O) groups excluding carboxylic acids is 1. The van der Waals surface area contributed by atoms with Crippen LogP contribution in [0.5, 0.6) is 5.75 Å². The Bertz CT molecular complexity index is 507. The van der Waals surface area contributed by atoms with Crippen molar-refractivity contribution in [3.8, 4) is 11.8 Å². The molecule has 1 heterocycles. The van der Waals surface area contributed by atoms with E-state index in [2.05, 4.69) is 11.4 Å². The minimum Gasteiger partial charge on any atom is -0.497 e. The van der Waals surface area contributed by atoms with Crippen LogP contribution in [-0.2, 0) is 11.2 Å². The second-order valence-electron chi connectivity index (χ2n) is 5.15. The third-order valence-electron chi connectivity index (χ3n) is 3.75. The summed E-state index contributed by atoms with van der Waals surface area (Å²) in [4.78, 5) is 13.7. The number of rotatable bonds is 6. The first-order valence-electron chi connectivity index (χ1n) is 7.27. The quantitative estimate of drug-likeness (QED) is 0.802. The molecule has 0 aliphatic carbocycles. The van der Waals surface area contributed by atoms with E-state index >= 15 is 0 Å². The zero-order valence-corrected chi connectivity index (χ0v) is 12.3. The third kappa shape index (κ3) is 4.20. The molecule has 1 atom stereocenters. The number of benzene rings is 1. The highest BCUT2D eigenvalue weighted by molar-refractivity contribution is 5.79. The Balaban J connectivity index is 1.69. The zero-order valence-electron chi connectivity index (χ0n) is 12.3. The minimum absolute atomic E-state index is 0.0220. The number of likely N-dealkylation sites (tertiary alicyclic amines) is 1. The number of ether oxygens (including phenoxy) is 1. The van der Waals surface area contributed by atoms with Gasteiger partial charge >= 0.3 is 0 Å². The highest BCUT2D eigenvalue weighted by Crippen LogP contribution is 2.16. The molecular formula is C16H21N3O2. The summed E-state index contributed by atoms with van der Waals surface area (Å²) in [5.41, 5.74) is 1.20. The lowest BCUT2D eigenvalue weighted by atomic mass is 10.1. The fraction of sp³-hybridized carbons (Fsp3) is 0.500. The van der Waals surface area contributed by atoms with Crippen molar-refractivity contribution >= 4 is 5.91 Å². The topological polar surface area (TPSA) is 65.4 Å². The lowest BCUT2D eigenvalue weighted by molar-refractivity contribution is -0.130. The number of hydrogen-bond donors (Lipinski definition) is 1. The number of amides is 1. The van der Waals surface area contributed by atoms with Crippen LogP contribution in [0.25, 0.3) is 0 Å². The highest BCUT2D eigenvalue weighted by Gasteiger charge is 2.27. The summed E-state index contributed by atoms with van der Waals surface area (Å²) < 4.78 is 5.11. The molecule has 5 nitrogen and oxygen atoms in total. The highest BCUT2D eigenvalue weighted by atomic mass is 16.5. The van der Waals surface area contributed by atoms with E-state index in [9.17, 15) is 4.79 Å². The Morgan fingerprint density at radius 2 is 2.24 bits per heavy atom. The molecule has 0 radical (unpaired) electrons. The van der Waals surface area contributed by atoms with E-state index in [1.165, 1.54) is 5.56 Å². The summed E-state index contributed by atoms with van der Waals surface area (Å²) in [6.45, 7) is 1.74. The van der Waals surface area contributed by atoms with E-state index in [4.69, 9.17) is 10.00 Å². The molecule has 112 valence electrons. The van der Waals surface area contributed by atoms with Crippen molar-refractivity contribution < 1.29 is 9.53 Å². The van der Waals surface area contributed by atoms with Crippen LogP contribution in [0.15, 0.2) is 24.3 Å². The molecular weight excluding hydrogens is 266 g/mol.